The van der Waals surface area contributed by atoms with Crippen LogP contribution in [0.3, 0.4) is 0 Å². The molecule has 0 amide bonds. The minimum absolute atomic E-state index is 0.0709. The minimum Gasteiger partial charge on any atom is -0.385 e. The lowest BCUT2D eigenvalue weighted by Crippen LogP contribution is -2.24. The number of pyridine rings is 1. The predicted molar refractivity (Wildman–Crippen MR) is 110 cm³/mol. The summed E-state index contributed by atoms with van der Waals surface area (Å²) in [4.78, 5) is 17.1. The van der Waals surface area contributed by atoms with Crippen LogP contribution < -0.4 is 5.56 Å². The summed E-state index contributed by atoms with van der Waals surface area (Å²) in [5.74, 6) is 1.13. The Kier molecular flexibility index (Phi) is 5.61. The molecule has 7 nitrogen and oxygen atoms in total. The van der Waals surface area contributed by atoms with E-state index in [1.807, 2.05) is 40.8 Å². The Balaban J connectivity index is 1.80. The van der Waals surface area contributed by atoms with Gasteiger partial charge in [0.2, 0.25) is 5.78 Å². The number of thioether (sulfide) groups is 1. The average molecular weight is 416 g/mol. The zero-order chi connectivity index (χ0) is 19.5. The van der Waals surface area contributed by atoms with Crippen molar-refractivity contribution in [2.24, 2.45) is 0 Å². The number of methoxy groups -OCH3 is 1. The summed E-state index contributed by atoms with van der Waals surface area (Å²) >= 11 is 7.68. The van der Waals surface area contributed by atoms with Crippen LogP contribution in [0.4, 0.5) is 0 Å². The second kappa shape index (κ2) is 8.30. The number of aryl methyl sites for hydroxylation is 1. The van der Waals surface area contributed by atoms with E-state index in [9.17, 15) is 4.79 Å². The molecule has 4 aromatic rings. The summed E-state index contributed by atoms with van der Waals surface area (Å²) in [5, 5.41) is 10.5. The van der Waals surface area contributed by atoms with Crippen LogP contribution in [0.2, 0.25) is 5.15 Å². The number of ether oxygens (including phenoxy) is 1. The highest BCUT2D eigenvalue weighted by Crippen LogP contribution is 2.26. The molecule has 0 aliphatic rings. The molecule has 3 aromatic heterocycles. The molecule has 0 N–H and O–H groups in total. The largest absolute Gasteiger partial charge is 0.385 e. The first kappa shape index (κ1) is 18.9. The molecule has 3 heterocycles. The van der Waals surface area contributed by atoms with Gasteiger partial charge < -0.3 is 4.74 Å². The molecule has 0 saturated carbocycles. The van der Waals surface area contributed by atoms with Gasteiger partial charge in [-0.2, -0.15) is 0 Å². The molecule has 0 fully saturated rings. The van der Waals surface area contributed by atoms with E-state index in [2.05, 4.69) is 15.2 Å². The van der Waals surface area contributed by atoms with Gasteiger partial charge in [0.25, 0.3) is 5.56 Å². The number of hydrogen-bond donors (Lipinski definition) is 0. The molecule has 0 aliphatic carbocycles. The van der Waals surface area contributed by atoms with Crippen LogP contribution in [0, 0.1) is 0 Å². The van der Waals surface area contributed by atoms with E-state index in [1.54, 1.807) is 17.9 Å². The maximum atomic E-state index is 13.0. The van der Waals surface area contributed by atoms with E-state index >= 15 is 0 Å². The molecule has 28 heavy (non-hydrogen) atoms. The number of rotatable bonds is 7. The maximum Gasteiger partial charge on any atom is 0.262 e. The molecule has 0 aliphatic heterocycles. The third-order valence-corrected chi connectivity index (χ3v) is 5.72. The molecular weight excluding hydrogens is 398 g/mol. The van der Waals surface area contributed by atoms with Gasteiger partial charge in [0, 0.05) is 32.2 Å². The fourth-order valence-electron chi connectivity index (χ4n) is 3.06. The Bertz CT molecular complexity index is 1190. The molecular formula is C19H18ClN5O2S. The number of fused-ring (bicyclic) bond motifs is 3. The average Bonchev–Trinajstić information content (AvgIpc) is 3.14. The van der Waals surface area contributed by atoms with Crippen molar-refractivity contribution in [2.75, 3.05) is 13.7 Å². The van der Waals surface area contributed by atoms with Crippen molar-refractivity contribution >= 4 is 40.0 Å². The molecule has 4 rings (SSSR count). The van der Waals surface area contributed by atoms with E-state index < -0.39 is 0 Å². The molecule has 0 unspecified atom stereocenters. The smallest absolute Gasteiger partial charge is 0.262 e. The standard InChI is InChI=1S/C19H18ClN5O2S/c1-27-11-5-10-24-17(26)14-7-2-3-8-15(14)25-18(24)22-23-19(25)28-12-13-6-4-9-21-16(13)20/h2-4,6-9H,5,10-12H2,1H3. The Morgan fingerprint density at radius 1 is 1.18 bits per heavy atom. The van der Waals surface area contributed by atoms with Crippen molar-refractivity contribution in [1.82, 2.24) is 24.1 Å². The second-order valence-corrected chi connectivity index (χ2v) is 7.48. The van der Waals surface area contributed by atoms with Crippen LogP contribution >= 0.6 is 23.4 Å². The zero-order valence-electron chi connectivity index (χ0n) is 15.2. The minimum atomic E-state index is -0.0709. The van der Waals surface area contributed by atoms with Crippen molar-refractivity contribution < 1.29 is 4.74 Å². The predicted octanol–water partition coefficient (Wildman–Crippen LogP) is 3.42. The fourth-order valence-corrected chi connectivity index (χ4v) is 4.26. The summed E-state index contributed by atoms with van der Waals surface area (Å²) in [5.41, 5.74) is 1.64. The summed E-state index contributed by atoms with van der Waals surface area (Å²) < 4.78 is 8.72. The number of para-hydroxylation sites is 1. The molecule has 0 atom stereocenters. The number of aromatic nitrogens is 5. The summed E-state index contributed by atoms with van der Waals surface area (Å²) in [6.07, 6.45) is 2.38. The number of hydrogen-bond acceptors (Lipinski definition) is 6. The zero-order valence-corrected chi connectivity index (χ0v) is 16.8. The van der Waals surface area contributed by atoms with Crippen LogP contribution in [0.25, 0.3) is 16.7 Å². The summed E-state index contributed by atoms with van der Waals surface area (Å²) in [7, 11) is 1.65. The first-order valence-electron chi connectivity index (χ1n) is 8.78. The molecule has 0 radical (unpaired) electrons. The topological polar surface area (TPSA) is 74.3 Å². The molecule has 0 bridgehead atoms. The van der Waals surface area contributed by atoms with Gasteiger partial charge in [0.15, 0.2) is 5.16 Å². The quantitative estimate of drug-likeness (QED) is 0.261. The SMILES string of the molecule is COCCCn1c(=O)c2ccccc2n2c(SCc3cccnc3Cl)nnc12. The first-order valence-corrected chi connectivity index (χ1v) is 10.1. The third-order valence-electron chi connectivity index (χ3n) is 4.40. The molecule has 0 saturated heterocycles. The van der Waals surface area contributed by atoms with E-state index in [-0.39, 0.29) is 5.56 Å². The van der Waals surface area contributed by atoms with Gasteiger partial charge in [0.05, 0.1) is 10.9 Å². The lowest BCUT2D eigenvalue weighted by Gasteiger charge is -2.11. The van der Waals surface area contributed by atoms with Crippen molar-refractivity contribution in [1.29, 1.82) is 0 Å². The van der Waals surface area contributed by atoms with Crippen LogP contribution in [-0.2, 0) is 17.0 Å². The van der Waals surface area contributed by atoms with Gasteiger partial charge in [0.1, 0.15) is 5.15 Å². The summed E-state index contributed by atoms with van der Waals surface area (Å²) in [6, 6.07) is 11.3. The molecule has 0 spiro atoms. The van der Waals surface area contributed by atoms with Crippen LogP contribution in [-0.4, -0.2) is 37.9 Å². The van der Waals surface area contributed by atoms with E-state index in [0.717, 1.165) is 11.1 Å². The number of benzene rings is 1. The van der Waals surface area contributed by atoms with Crippen molar-refractivity contribution in [3.8, 4) is 0 Å². The highest BCUT2D eigenvalue weighted by atomic mass is 35.5. The van der Waals surface area contributed by atoms with Gasteiger partial charge in [-0.15, -0.1) is 10.2 Å². The lowest BCUT2D eigenvalue weighted by atomic mass is 10.2. The third kappa shape index (κ3) is 3.50. The highest BCUT2D eigenvalue weighted by Gasteiger charge is 2.17. The van der Waals surface area contributed by atoms with Gasteiger partial charge in [-0.05, 0) is 30.2 Å². The molecule has 1 aromatic carbocycles. The lowest BCUT2D eigenvalue weighted by molar-refractivity contribution is 0.190. The van der Waals surface area contributed by atoms with E-state index in [1.165, 1.54) is 11.8 Å². The normalized spacial score (nSPS) is 11.5. The highest BCUT2D eigenvalue weighted by molar-refractivity contribution is 7.98. The Hall–Kier alpha value is -2.42. The van der Waals surface area contributed by atoms with Crippen molar-refractivity contribution in [3.05, 3.63) is 63.7 Å². The number of nitrogens with zero attached hydrogens (tertiary/aromatic N) is 5. The van der Waals surface area contributed by atoms with Crippen LogP contribution in [0.1, 0.15) is 12.0 Å². The van der Waals surface area contributed by atoms with E-state index in [4.69, 9.17) is 16.3 Å². The van der Waals surface area contributed by atoms with Crippen LogP contribution in [0.15, 0.2) is 52.5 Å². The molecule has 144 valence electrons. The van der Waals surface area contributed by atoms with E-state index in [0.29, 0.717) is 46.8 Å². The van der Waals surface area contributed by atoms with Crippen molar-refractivity contribution in [3.63, 3.8) is 0 Å². The summed E-state index contributed by atoms with van der Waals surface area (Å²) in [6.45, 7) is 1.08. The first-order chi connectivity index (χ1) is 13.7. The monoisotopic (exact) mass is 415 g/mol. The van der Waals surface area contributed by atoms with Crippen LogP contribution in [0.5, 0.6) is 0 Å². The van der Waals surface area contributed by atoms with Gasteiger partial charge in [-0.3, -0.25) is 13.8 Å². The van der Waals surface area contributed by atoms with Gasteiger partial charge in [-0.25, -0.2) is 4.98 Å². The fraction of sp³-hybridized carbons (Fsp3) is 0.263. The number of halogens is 1. The second-order valence-electron chi connectivity index (χ2n) is 6.18. The molecule has 9 heteroatoms. The Morgan fingerprint density at radius 2 is 2.04 bits per heavy atom. The van der Waals surface area contributed by atoms with Gasteiger partial charge >= 0.3 is 0 Å². The maximum absolute atomic E-state index is 13.0. The Morgan fingerprint density at radius 3 is 2.86 bits per heavy atom. The van der Waals surface area contributed by atoms with Gasteiger partial charge in [-0.1, -0.05) is 41.6 Å². The van der Waals surface area contributed by atoms with Crippen molar-refractivity contribution in [2.45, 2.75) is 23.9 Å². The Labute approximate surface area is 170 Å².